The SMILES string of the molecule is NC1CCCC(=O)N(C2CC2)C1c1ccc(Cl)c(F)c1. The number of carbonyl (C=O) groups is 1. The van der Waals surface area contributed by atoms with E-state index in [1.165, 1.54) is 6.07 Å². The van der Waals surface area contributed by atoms with E-state index in [-0.39, 0.29) is 29.1 Å². The molecule has 1 aliphatic heterocycles. The molecule has 2 unspecified atom stereocenters. The van der Waals surface area contributed by atoms with E-state index in [2.05, 4.69) is 0 Å². The number of benzene rings is 1. The molecule has 0 bridgehead atoms. The highest BCUT2D eigenvalue weighted by atomic mass is 35.5. The summed E-state index contributed by atoms with van der Waals surface area (Å²) >= 11 is 5.74. The van der Waals surface area contributed by atoms with Gasteiger partial charge in [0.05, 0.1) is 11.1 Å². The number of nitrogens with two attached hydrogens (primary N) is 1. The summed E-state index contributed by atoms with van der Waals surface area (Å²) in [6.45, 7) is 0. The molecular weight excluding hydrogens is 279 g/mol. The molecule has 108 valence electrons. The minimum absolute atomic E-state index is 0.0974. The van der Waals surface area contributed by atoms with E-state index in [1.807, 2.05) is 4.90 Å². The van der Waals surface area contributed by atoms with Crippen LogP contribution in [-0.2, 0) is 4.79 Å². The van der Waals surface area contributed by atoms with Gasteiger partial charge in [-0.05, 0) is 43.4 Å². The van der Waals surface area contributed by atoms with Gasteiger partial charge in [-0.3, -0.25) is 4.79 Å². The molecule has 1 aromatic rings. The van der Waals surface area contributed by atoms with Crippen LogP contribution in [0.2, 0.25) is 5.02 Å². The first kappa shape index (κ1) is 13.8. The van der Waals surface area contributed by atoms with Crippen LogP contribution in [0.3, 0.4) is 0 Å². The molecule has 1 aromatic carbocycles. The lowest BCUT2D eigenvalue weighted by atomic mass is 9.96. The molecule has 2 N–H and O–H groups in total. The van der Waals surface area contributed by atoms with E-state index >= 15 is 0 Å². The van der Waals surface area contributed by atoms with Gasteiger partial charge in [0.15, 0.2) is 0 Å². The molecule has 2 aliphatic rings. The average Bonchev–Trinajstić information content (AvgIpc) is 3.22. The second-order valence-electron chi connectivity index (χ2n) is 5.71. The molecule has 3 nitrogen and oxygen atoms in total. The minimum atomic E-state index is -0.455. The summed E-state index contributed by atoms with van der Waals surface area (Å²) < 4.78 is 13.7. The first-order chi connectivity index (χ1) is 9.58. The van der Waals surface area contributed by atoms with Crippen LogP contribution in [0.1, 0.15) is 43.7 Å². The molecule has 20 heavy (non-hydrogen) atoms. The Morgan fingerprint density at radius 2 is 2.05 bits per heavy atom. The Kier molecular flexibility index (Phi) is 3.69. The van der Waals surface area contributed by atoms with Crippen molar-refractivity contribution in [2.75, 3.05) is 0 Å². The second-order valence-corrected chi connectivity index (χ2v) is 6.11. The molecule has 1 heterocycles. The Hall–Kier alpha value is -1.13. The van der Waals surface area contributed by atoms with Crippen molar-refractivity contribution in [3.63, 3.8) is 0 Å². The van der Waals surface area contributed by atoms with Gasteiger partial charge in [-0.25, -0.2) is 4.39 Å². The molecule has 2 fully saturated rings. The maximum absolute atomic E-state index is 13.7. The monoisotopic (exact) mass is 296 g/mol. The number of halogens is 2. The van der Waals surface area contributed by atoms with Gasteiger partial charge in [-0.2, -0.15) is 0 Å². The van der Waals surface area contributed by atoms with E-state index in [4.69, 9.17) is 17.3 Å². The third-order valence-electron chi connectivity index (χ3n) is 4.15. The lowest BCUT2D eigenvalue weighted by molar-refractivity contribution is -0.133. The highest BCUT2D eigenvalue weighted by molar-refractivity contribution is 6.30. The van der Waals surface area contributed by atoms with Gasteiger partial charge in [0.1, 0.15) is 5.82 Å². The first-order valence-corrected chi connectivity index (χ1v) is 7.47. The van der Waals surface area contributed by atoms with Crippen molar-refractivity contribution in [2.24, 2.45) is 5.73 Å². The van der Waals surface area contributed by atoms with Gasteiger partial charge in [-0.15, -0.1) is 0 Å². The number of nitrogens with zero attached hydrogens (tertiary/aromatic N) is 1. The first-order valence-electron chi connectivity index (χ1n) is 7.09. The lowest BCUT2D eigenvalue weighted by Gasteiger charge is -2.34. The van der Waals surface area contributed by atoms with Crippen LogP contribution >= 0.6 is 11.6 Å². The quantitative estimate of drug-likeness (QED) is 0.912. The standard InChI is InChI=1S/C15H18ClFN2O/c16-11-7-4-9(8-12(11)17)15-13(18)2-1-3-14(20)19(15)10-5-6-10/h4,7-8,10,13,15H,1-3,5-6,18H2. The number of hydrogen-bond donors (Lipinski definition) is 1. The Morgan fingerprint density at radius 1 is 1.30 bits per heavy atom. The van der Waals surface area contributed by atoms with E-state index in [0.29, 0.717) is 6.42 Å². The predicted octanol–water partition coefficient (Wildman–Crippen LogP) is 3.02. The van der Waals surface area contributed by atoms with Gasteiger partial charge in [0.2, 0.25) is 5.91 Å². The van der Waals surface area contributed by atoms with Crippen LogP contribution in [0.15, 0.2) is 18.2 Å². The van der Waals surface area contributed by atoms with Crippen molar-refractivity contribution in [3.05, 3.63) is 34.6 Å². The molecule has 2 atom stereocenters. The summed E-state index contributed by atoms with van der Waals surface area (Å²) in [4.78, 5) is 14.2. The second kappa shape index (κ2) is 5.34. The molecule has 1 amide bonds. The summed E-state index contributed by atoms with van der Waals surface area (Å²) in [5.41, 5.74) is 7.02. The molecule has 5 heteroatoms. The zero-order valence-electron chi connectivity index (χ0n) is 11.2. The van der Waals surface area contributed by atoms with Crippen molar-refractivity contribution < 1.29 is 9.18 Å². The minimum Gasteiger partial charge on any atom is -0.331 e. The van der Waals surface area contributed by atoms with Crippen LogP contribution < -0.4 is 5.73 Å². The van der Waals surface area contributed by atoms with Gasteiger partial charge in [0, 0.05) is 18.5 Å². The van der Waals surface area contributed by atoms with Gasteiger partial charge in [-0.1, -0.05) is 17.7 Å². The lowest BCUT2D eigenvalue weighted by Crippen LogP contribution is -2.43. The number of hydrogen-bond acceptors (Lipinski definition) is 2. The third-order valence-corrected chi connectivity index (χ3v) is 4.45. The average molecular weight is 297 g/mol. The van der Waals surface area contributed by atoms with Gasteiger partial charge >= 0.3 is 0 Å². The van der Waals surface area contributed by atoms with Crippen molar-refractivity contribution in [3.8, 4) is 0 Å². The Morgan fingerprint density at radius 3 is 2.70 bits per heavy atom. The Labute approximate surface area is 122 Å². The zero-order valence-corrected chi connectivity index (χ0v) is 11.9. The predicted molar refractivity (Wildman–Crippen MR) is 75.8 cm³/mol. The molecule has 0 aromatic heterocycles. The highest BCUT2D eigenvalue weighted by Gasteiger charge is 2.41. The topological polar surface area (TPSA) is 46.3 Å². The van der Waals surface area contributed by atoms with Crippen LogP contribution in [0, 0.1) is 5.82 Å². The van der Waals surface area contributed by atoms with Crippen LogP contribution in [0.4, 0.5) is 4.39 Å². The Bertz CT molecular complexity index is 533. The zero-order chi connectivity index (χ0) is 14.3. The van der Waals surface area contributed by atoms with E-state index < -0.39 is 5.82 Å². The van der Waals surface area contributed by atoms with Gasteiger partial charge < -0.3 is 10.6 Å². The van der Waals surface area contributed by atoms with Gasteiger partial charge in [0.25, 0.3) is 0 Å². The number of rotatable bonds is 2. The van der Waals surface area contributed by atoms with Crippen molar-refractivity contribution in [1.82, 2.24) is 4.90 Å². The normalized spacial score (nSPS) is 27.6. The molecule has 1 aliphatic carbocycles. The van der Waals surface area contributed by atoms with E-state index in [9.17, 15) is 9.18 Å². The summed E-state index contributed by atoms with van der Waals surface area (Å²) in [7, 11) is 0. The molecule has 1 saturated heterocycles. The maximum atomic E-state index is 13.7. The molecule has 0 radical (unpaired) electrons. The summed E-state index contributed by atoms with van der Waals surface area (Å²) in [6, 6.07) is 4.63. The fourth-order valence-corrected chi connectivity index (χ4v) is 3.14. The molecular formula is C15H18ClFN2O. The summed E-state index contributed by atoms with van der Waals surface area (Å²) in [5, 5.41) is 0.0974. The number of likely N-dealkylation sites (tertiary alicyclic amines) is 1. The molecule has 0 spiro atoms. The summed E-state index contributed by atoms with van der Waals surface area (Å²) in [6.07, 6.45) is 4.16. The Balaban J connectivity index is 2.00. The fraction of sp³-hybridized carbons (Fsp3) is 0.533. The fourth-order valence-electron chi connectivity index (χ4n) is 3.02. The van der Waals surface area contributed by atoms with Crippen LogP contribution in [-0.4, -0.2) is 22.9 Å². The number of amides is 1. The van der Waals surface area contributed by atoms with E-state index in [0.717, 1.165) is 31.2 Å². The van der Waals surface area contributed by atoms with Crippen molar-refractivity contribution in [1.29, 1.82) is 0 Å². The van der Waals surface area contributed by atoms with E-state index in [1.54, 1.807) is 12.1 Å². The maximum Gasteiger partial charge on any atom is 0.223 e. The largest absolute Gasteiger partial charge is 0.331 e. The number of carbonyl (C=O) groups excluding carboxylic acids is 1. The van der Waals surface area contributed by atoms with Crippen LogP contribution in [0.5, 0.6) is 0 Å². The van der Waals surface area contributed by atoms with Crippen molar-refractivity contribution >= 4 is 17.5 Å². The van der Waals surface area contributed by atoms with Crippen LogP contribution in [0.25, 0.3) is 0 Å². The smallest absolute Gasteiger partial charge is 0.223 e. The van der Waals surface area contributed by atoms with Crippen molar-refractivity contribution in [2.45, 2.75) is 50.2 Å². The third kappa shape index (κ3) is 2.54. The molecule has 1 saturated carbocycles. The summed E-state index contributed by atoms with van der Waals surface area (Å²) in [5.74, 6) is -0.315. The highest BCUT2D eigenvalue weighted by Crippen LogP contribution is 2.39. The molecule has 3 rings (SSSR count).